The largest absolute Gasteiger partial charge is 0.497 e. The molecule has 0 unspecified atom stereocenters. The van der Waals surface area contributed by atoms with Gasteiger partial charge in [0.2, 0.25) is 10.0 Å². The van der Waals surface area contributed by atoms with Crippen LogP contribution in [0.5, 0.6) is 5.75 Å². The minimum atomic E-state index is -3.57. The van der Waals surface area contributed by atoms with E-state index in [2.05, 4.69) is 15.0 Å². The molecule has 0 spiro atoms. The van der Waals surface area contributed by atoms with E-state index in [1.807, 2.05) is 25.1 Å². The van der Waals surface area contributed by atoms with Gasteiger partial charge in [-0.05, 0) is 55.3 Å². The van der Waals surface area contributed by atoms with Gasteiger partial charge in [-0.2, -0.15) is 0 Å². The molecule has 0 bridgehead atoms. The topological polar surface area (TPSA) is 106 Å². The number of hydrogen-bond donors (Lipinski definition) is 3. The second-order valence-electron chi connectivity index (χ2n) is 5.79. The van der Waals surface area contributed by atoms with Gasteiger partial charge >= 0.3 is 0 Å². The Labute approximate surface area is 154 Å². The van der Waals surface area contributed by atoms with Crippen molar-refractivity contribution in [2.45, 2.75) is 18.7 Å². The molecule has 0 aromatic heterocycles. The van der Waals surface area contributed by atoms with Crippen molar-refractivity contribution >= 4 is 21.7 Å². The SMILES string of the molecule is COc1ccc(NC(N)=NCCNS(=O)(=O)c2cc(C)ccc2C)cc1. The quantitative estimate of drug-likeness (QED) is 0.389. The number of aliphatic imine (C=N–C) groups is 1. The third kappa shape index (κ3) is 5.47. The maximum atomic E-state index is 12.4. The summed E-state index contributed by atoms with van der Waals surface area (Å²) in [7, 11) is -1.98. The number of nitrogens with zero attached hydrogens (tertiary/aromatic N) is 1. The van der Waals surface area contributed by atoms with Crippen LogP contribution in [0.3, 0.4) is 0 Å². The third-order valence-corrected chi connectivity index (χ3v) is 5.28. The van der Waals surface area contributed by atoms with Crippen molar-refractivity contribution in [1.82, 2.24) is 4.72 Å². The van der Waals surface area contributed by atoms with Gasteiger partial charge < -0.3 is 15.8 Å². The lowest BCUT2D eigenvalue weighted by molar-refractivity contribution is 0.415. The smallest absolute Gasteiger partial charge is 0.240 e. The van der Waals surface area contributed by atoms with Crippen LogP contribution in [0.1, 0.15) is 11.1 Å². The Morgan fingerprint density at radius 3 is 2.50 bits per heavy atom. The molecular formula is C18H24N4O3S. The Hall–Kier alpha value is -2.58. The molecule has 0 atom stereocenters. The summed E-state index contributed by atoms with van der Waals surface area (Å²) in [6.45, 7) is 4.00. The molecule has 0 aliphatic carbocycles. The fourth-order valence-corrected chi connectivity index (χ4v) is 3.64. The molecule has 0 saturated heterocycles. The number of methoxy groups -OCH3 is 1. The Bertz CT molecular complexity index is 878. The maximum absolute atomic E-state index is 12.4. The Morgan fingerprint density at radius 1 is 1.15 bits per heavy atom. The lowest BCUT2D eigenvalue weighted by atomic mass is 10.2. The monoisotopic (exact) mass is 376 g/mol. The van der Waals surface area contributed by atoms with Crippen LogP contribution in [0.25, 0.3) is 0 Å². The predicted octanol–water partition coefficient (Wildman–Crippen LogP) is 2.02. The van der Waals surface area contributed by atoms with Crippen molar-refractivity contribution in [3.63, 3.8) is 0 Å². The van der Waals surface area contributed by atoms with Crippen molar-refractivity contribution in [2.24, 2.45) is 10.7 Å². The van der Waals surface area contributed by atoms with Gasteiger partial charge in [-0.1, -0.05) is 12.1 Å². The van der Waals surface area contributed by atoms with Crippen LogP contribution >= 0.6 is 0 Å². The fourth-order valence-electron chi connectivity index (χ4n) is 2.29. The van der Waals surface area contributed by atoms with Crippen molar-refractivity contribution < 1.29 is 13.2 Å². The summed E-state index contributed by atoms with van der Waals surface area (Å²) in [5.74, 6) is 0.952. The van der Waals surface area contributed by atoms with E-state index in [4.69, 9.17) is 10.5 Å². The first-order chi connectivity index (χ1) is 12.3. The highest BCUT2D eigenvalue weighted by Gasteiger charge is 2.16. The summed E-state index contributed by atoms with van der Waals surface area (Å²) < 4.78 is 32.4. The van der Waals surface area contributed by atoms with Crippen LogP contribution in [-0.2, 0) is 10.0 Å². The van der Waals surface area contributed by atoms with Gasteiger partial charge in [0.05, 0.1) is 18.6 Å². The Morgan fingerprint density at radius 2 is 1.85 bits per heavy atom. The maximum Gasteiger partial charge on any atom is 0.240 e. The molecule has 0 saturated carbocycles. The first-order valence-corrected chi connectivity index (χ1v) is 9.58. The lowest BCUT2D eigenvalue weighted by Crippen LogP contribution is -2.29. The summed E-state index contributed by atoms with van der Waals surface area (Å²) in [5.41, 5.74) is 8.17. The van der Waals surface area contributed by atoms with Gasteiger partial charge in [-0.25, -0.2) is 13.1 Å². The molecule has 2 rings (SSSR count). The molecule has 140 valence electrons. The van der Waals surface area contributed by atoms with Crippen molar-refractivity contribution in [2.75, 3.05) is 25.5 Å². The number of ether oxygens (including phenoxy) is 1. The molecule has 0 heterocycles. The zero-order valence-electron chi connectivity index (χ0n) is 15.1. The Kier molecular flexibility index (Phi) is 6.59. The molecule has 7 nitrogen and oxygen atoms in total. The van der Waals surface area contributed by atoms with Gasteiger partial charge in [-0.15, -0.1) is 0 Å². The van der Waals surface area contributed by atoms with Crippen molar-refractivity contribution in [3.05, 3.63) is 53.6 Å². The predicted molar refractivity (Wildman–Crippen MR) is 104 cm³/mol. The van der Waals surface area contributed by atoms with E-state index in [9.17, 15) is 8.42 Å². The number of guanidine groups is 1. The van der Waals surface area contributed by atoms with E-state index in [1.54, 1.807) is 38.3 Å². The van der Waals surface area contributed by atoms with Gasteiger partial charge in [0.1, 0.15) is 5.75 Å². The number of sulfonamides is 1. The van der Waals surface area contributed by atoms with E-state index < -0.39 is 10.0 Å². The normalized spacial score (nSPS) is 12.0. The standard InChI is InChI=1S/C18H24N4O3S/c1-13-4-5-14(2)17(12-13)26(23,24)21-11-10-20-18(19)22-15-6-8-16(25-3)9-7-15/h4-9,12,21H,10-11H2,1-3H3,(H3,19,20,22). The average molecular weight is 376 g/mol. The number of rotatable bonds is 7. The highest BCUT2D eigenvalue weighted by molar-refractivity contribution is 7.89. The summed E-state index contributed by atoms with van der Waals surface area (Å²) >= 11 is 0. The van der Waals surface area contributed by atoms with Gasteiger partial charge in [0, 0.05) is 12.2 Å². The second-order valence-corrected chi connectivity index (χ2v) is 7.52. The summed E-state index contributed by atoms with van der Waals surface area (Å²) in [4.78, 5) is 4.41. The molecule has 0 aliphatic rings. The zero-order valence-corrected chi connectivity index (χ0v) is 15.9. The molecule has 2 aromatic carbocycles. The third-order valence-electron chi connectivity index (χ3n) is 3.68. The molecule has 8 heteroatoms. The second kappa shape index (κ2) is 8.68. The zero-order chi connectivity index (χ0) is 19.2. The number of anilines is 1. The van der Waals surface area contributed by atoms with Crippen LogP contribution in [-0.4, -0.2) is 34.6 Å². The minimum Gasteiger partial charge on any atom is -0.497 e. The first-order valence-electron chi connectivity index (χ1n) is 8.10. The first kappa shape index (κ1) is 19.7. The molecule has 4 N–H and O–H groups in total. The average Bonchev–Trinajstić information content (AvgIpc) is 2.61. The van der Waals surface area contributed by atoms with E-state index in [0.29, 0.717) is 5.56 Å². The van der Waals surface area contributed by atoms with Gasteiger partial charge in [-0.3, -0.25) is 4.99 Å². The Balaban J connectivity index is 1.89. The molecular weight excluding hydrogens is 352 g/mol. The number of aryl methyl sites for hydroxylation is 2. The summed E-state index contributed by atoms with van der Waals surface area (Å²) in [6, 6.07) is 12.5. The molecule has 2 aromatic rings. The van der Waals surface area contributed by atoms with E-state index in [-0.39, 0.29) is 23.9 Å². The number of hydrogen-bond acceptors (Lipinski definition) is 4. The summed E-state index contributed by atoms with van der Waals surface area (Å²) in [6.07, 6.45) is 0. The molecule has 0 amide bonds. The minimum absolute atomic E-state index is 0.153. The van der Waals surface area contributed by atoms with Crippen molar-refractivity contribution in [3.8, 4) is 5.75 Å². The number of benzene rings is 2. The summed E-state index contributed by atoms with van der Waals surface area (Å²) in [5, 5.41) is 2.93. The van der Waals surface area contributed by atoms with E-state index >= 15 is 0 Å². The van der Waals surface area contributed by atoms with E-state index in [0.717, 1.165) is 17.0 Å². The molecule has 0 aliphatic heterocycles. The molecule has 0 fully saturated rings. The van der Waals surface area contributed by atoms with Gasteiger partial charge in [0.15, 0.2) is 5.96 Å². The van der Waals surface area contributed by atoms with E-state index in [1.165, 1.54) is 0 Å². The lowest BCUT2D eigenvalue weighted by Gasteiger charge is -2.10. The van der Waals surface area contributed by atoms with Crippen LogP contribution < -0.4 is 20.5 Å². The molecule has 26 heavy (non-hydrogen) atoms. The molecule has 0 radical (unpaired) electrons. The highest BCUT2D eigenvalue weighted by atomic mass is 32.2. The van der Waals surface area contributed by atoms with Gasteiger partial charge in [0.25, 0.3) is 0 Å². The number of nitrogens with one attached hydrogen (secondary N) is 2. The number of nitrogens with two attached hydrogens (primary N) is 1. The van der Waals surface area contributed by atoms with Crippen LogP contribution in [0.2, 0.25) is 0 Å². The van der Waals surface area contributed by atoms with Crippen LogP contribution in [0.15, 0.2) is 52.4 Å². The van der Waals surface area contributed by atoms with Crippen LogP contribution in [0, 0.1) is 13.8 Å². The van der Waals surface area contributed by atoms with Crippen molar-refractivity contribution in [1.29, 1.82) is 0 Å². The van der Waals surface area contributed by atoms with Crippen LogP contribution in [0.4, 0.5) is 5.69 Å². The fraction of sp³-hybridized carbons (Fsp3) is 0.278. The highest BCUT2D eigenvalue weighted by Crippen LogP contribution is 2.16.